The molecule has 6 nitrogen and oxygen atoms in total. The average molecular weight is 408 g/mol. The molecule has 0 saturated carbocycles. The highest BCUT2D eigenvalue weighted by Crippen LogP contribution is 2.26. The maximum atomic E-state index is 12.7. The number of carbonyl (C=O) groups is 2. The molecule has 2 N–H and O–H groups in total. The lowest BCUT2D eigenvalue weighted by Gasteiger charge is -2.38. The molecule has 0 spiro atoms. The van der Waals surface area contributed by atoms with Crippen LogP contribution in [0.25, 0.3) is 0 Å². The minimum Gasteiger partial charge on any atom is -0.388 e. The van der Waals surface area contributed by atoms with E-state index in [-0.39, 0.29) is 17.9 Å². The Balaban J connectivity index is 1.52. The van der Waals surface area contributed by atoms with Gasteiger partial charge in [0, 0.05) is 56.3 Å². The van der Waals surface area contributed by atoms with Gasteiger partial charge >= 0.3 is 0 Å². The first-order valence-corrected chi connectivity index (χ1v) is 10.5. The number of benzene rings is 1. The molecule has 2 aliphatic rings. The number of halogens is 1. The number of nitrogens with one attached hydrogen (secondary N) is 1. The molecule has 154 valence electrons. The van der Waals surface area contributed by atoms with Gasteiger partial charge in [0.25, 0.3) is 5.91 Å². The van der Waals surface area contributed by atoms with Gasteiger partial charge in [-0.1, -0.05) is 11.6 Å². The van der Waals surface area contributed by atoms with Crippen LogP contribution in [-0.2, 0) is 4.79 Å². The van der Waals surface area contributed by atoms with Gasteiger partial charge in [0.1, 0.15) is 0 Å². The van der Waals surface area contributed by atoms with Crippen LogP contribution in [0.15, 0.2) is 24.3 Å². The first-order chi connectivity index (χ1) is 13.3. The van der Waals surface area contributed by atoms with E-state index in [0.717, 1.165) is 32.4 Å². The highest BCUT2D eigenvalue weighted by atomic mass is 35.5. The van der Waals surface area contributed by atoms with E-state index in [1.165, 1.54) is 0 Å². The molecule has 0 aliphatic carbocycles. The molecular weight excluding hydrogens is 378 g/mol. The number of rotatable bonds is 4. The Labute approximate surface area is 171 Å². The largest absolute Gasteiger partial charge is 0.388 e. The zero-order valence-corrected chi connectivity index (χ0v) is 17.2. The standard InChI is InChI=1S/C21H30ClN3O3/c1-16(26)23-19-7-12-24(13-8-19)15-21(28)9-2-11-25(14-10-21)20(27)17-3-5-18(22)6-4-17/h3-6,19,28H,2,7-15H2,1H3,(H,23,26). The van der Waals surface area contributed by atoms with Crippen molar-refractivity contribution in [2.45, 2.75) is 50.7 Å². The summed E-state index contributed by atoms with van der Waals surface area (Å²) in [4.78, 5) is 28.1. The van der Waals surface area contributed by atoms with Crippen molar-refractivity contribution in [1.82, 2.24) is 15.1 Å². The number of nitrogens with zero attached hydrogens (tertiary/aromatic N) is 2. The predicted octanol–water partition coefficient (Wildman–Crippen LogP) is 2.30. The Hall–Kier alpha value is -1.63. The maximum absolute atomic E-state index is 12.7. The van der Waals surface area contributed by atoms with E-state index in [1.54, 1.807) is 31.2 Å². The summed E-state index contributed by atoms with van der Waals surface area (Å²) >= 11 is 5.91. The van der Waals surface area contributed by atoms with Gasteiger partial charge < -0.3 is 20.2 Å². The van der Waals surface area contributed by atoms with Gasteiger partial charge in [-0.05, 0) is 56.4 Å². The molecule has 2 aliphatic heterocycles. The van der Waals surface area contributed by atoms with Gasteiger partial charge in [0.2, 0.25) is 5.91 Å². The fourth-order valence-electron chi connectivity index (χ4n) is 4.25. The number of hydrogen-bond donors (Lipinski definition) is 2. The third-order valence-electron chi connectivity index (χ3n) is 5.81. The van der Waals surface area contributed by atoms with Crippen molar-refractivity contribution in [1.29, 1.82) is 0 Å². The molecule has 7 heteroatoms. The summed E-state index contributed by atoms with van der Waals surface area (Å²) in [5.74, 6) is 0.0170. The van der Waals surface area contributed by atoms with E-state index in [0.29, 0.717) is 43.1 Å². The van der Waals surface area contributed by atoms with Crippen molar-refractivity contribution < 1.29 is 14.7 Å². The minimum atomic E-state index is -0.768. The lowest BCUT2D eigenvalue weighted by atomic mass is 9.93. The third kappa shape index (κ3) is 5.69. The second-order valence-corrected chi connectivity index (χ2v) is 8.56. The van der Waals surface area contributed by atoms with Crippen molar-refractivity contribution in [2.24, 2.45) is 0 Å². The van der Waals surface area contributed by atoms with Crippen LogP contribution in [0.5, 0.6) is 0 Å². The Morgan fingerprint density at radius 1 is 1.14 bits per heavy atom. The summed E-state index contributed by atoms with van der Waals surface area (Å²) in [7, 11) is 0. The lowest BCUT2D eigenvalue weighted by molar-refractivity contribution is -0.120. The van der Waals surface area contributed by atoms with Crippen LogP contribution < -0.4 is 5.32 Å². The SMILES string of the molecule is CC(=O)NC1CCN(CC2(O)CCCN(C(=O)c3ccc(Cl)cc3)CC2)CC1. The van der Waals surface area contributed by atoms with Crippen molar-refractivity contribution in [2.75, 3.05) is 32.7 Å². The molecule has 0 bridgehead atoms. The number of aliphatic hydroxyl groups is 1. The molecule has 28 heavy (non-hydrogen) atoms. The Morgan fingerprint density at radius 3 is 2.46 bits per heavy atom. The molecule has 2 heterocycles. The molecule has 1 aromatic carbocycles. The van der Waals surface area contributed by atoms with Gasteiger partial charge in [0.05, 0.1) is 5.60 Å². The highest BCUT2D eigenvalue weighted by Gasteiger charge is 2.34. The van der Waals surface area contributed by atoms with E-state index < -0.39 is 5.60 Å². The molecule has 2 amide bonds. The summed E-state index contributed by atoms with van der Waals surface area (Å²) in [6.45, 7) is 5.15. The fourth-order valence-corrected chi connectivity index (χ4v) is 4.38. The monoisotopic (exact) mass is 407 g/mol. The molecule has 0 aromatic heterocycles. The van der Waals surface area contributed by atoms with E-state index in [4.69, 9.17) is 11.6 Å². The second-order valence-electron chi connectivity index (χ2n) is 8.13. The van der Waals surface area contributed by atoms with Crippen LogP contribution in [0.4, 0.5) is 0 Å². The van der Waals surface area contributed by atoms with Gasteiger partial charge in [0.15, 0.2) is 0 Å². The van der Waals surface area contributed by atoms with E-state index in [9.17, 15) is 14.7 Å². The zero-order valence-electron chi connectivity index (χ0n) is 16.5. The van der Waals surface area contributed by atoms with Gasteiger partial charge in [-0.2, -0.15) is 0 Å². The van der Waals surface area contributed by atoms with Crippen LogP contribution in [-0.4, -0.2) is 71.1 Å². The van der Waals surface area contributed by atoms with Crippen molar-refractivity contribution in [3.8, 4) is 0 Å². The lowest BCUT2D eigenvalue weighted by Crippen LogP contribution is -2.50. The normalized spacial score (nSPS) is 24.6. The molecule has 1 aromatic rings. The number of likely N-dealkylation sites (tertiary alicyclic amines) is 2. The number of carbonyl (C=O) groups excluding carboxylic acids is 2. The van der Waals surface area contributed by atoms with Crippen molar-refractivity contribution in [3.63, 3.8) is 0 Å². The van der Waals surface area contributed by atoms with Gasteiger partial charge in [-0.3, -0.25) is 9.59 Å². The highest BCUT2D eigenvalue weighted by molar-refractivity contribution is 6.30. The van der Waals surface area contributed by atoms with Crippen LogP contribution in [0.2, 0.25) is 5.02 Å². The maximum Gasteiger partial charge on any atom is 0.253 e. The molecule has 0 radical (unpaired) electrons. The smallest absolute Gasteiger partial charge is 0.253 e. The van der Waals surface area contributed by atoms with Crippen LogP contribution >= 0.6 is 11.6 Å². The Kier molecular flexibility index (Phi) is 6.96. The number of amides is 2. The number of β-amino-alcohol motifs (C(OH)–C–C–N with tert-alkyl or cyclic N) is 1. The number of hydrogen-bond acceptors (Lipinski definition) is 4. The quantitative estimate of drug-likeness (QED) is 0.803. The van der Waals surface area contributed by atoms with Crippen LogP contribution in [0.1, 0.15) is 49.4 Å². The second kappa shape index (κ2) is 9.25. The summed E-state index contributed by atoms with van der Waals surface area (Å²) < 4.78 is 0. The van der Waals surface area contributed by atoms with Gasteiger partial charge in [-0.15, -0.1) is 0 Å². The molecule has 2 saturated heterocycles. The summed E-state index contributed by atoms with van der Waals surface area (Å²) in [5, 5.41) is 14.8. The van der Waals surface area contributed by atoms with Crippen molar-refractivity contribution >= 4 is 23.4 Å². The topological polar surface area (TPSA) is 72.9 Å². The molecular formula is C21H30ClN3O3. The molecule has 3 rings (SSSR count). The van der Waals surface area contributed by atoms with E-state index >= 15 is 0 Å². The minimum absolute atomic E-state index is 0.00274. The molecule has 2 fully saturated rings. The molecule has 1 atom stereocenters. The average Bonchev–Trinajstić information content (AvgIpc) is 2.85. The third-order valence-corrected chi connectivity index (χ3v) is 6.06. The predicted molar refractivity (Wildman–Crippen MR) is 109 cm³/mol. The van der Waals surface area contributed by atoms with E-state index in [2.05, 4.69) is 10.2 Å². The summed E-state index contributed by atoms with van der Waals surface area (Å²) in [6, 6.07) is 7.20. The van der Waals surface area contributed by atoms with Crippen LogP contribution in [0, 0.1) is 0 Å². The molecule has 1 unspecified atom stereocenters. The van der Waals surface area contributed by atoms with Crippen molar-refractivity contribution in [3.05, 3.63) is 34.9 Å². The number of piperidine rings is 1. The first kappa shape index (κ1) is 21.1. The Morgan fingerprint density at radius 2 is 1.82 bits per heavy atom. The van der Waals surface area contributed by atoms with E-state index in [1.807, 2.05) is 4.90 Å². The zero-order chi connectivity index (χ0) is 20.1. The Bertz CT molecular complexity index is 689. The summed E-state index contributed by atoms with van der Waals surface area (Å²) in [5.41, 5.74) is -0.134. The summed E-state index contributed by atoms with van der Waals surface area (Å²) in [6.07, 6.45) is 3.90. The van der Waals surface area contributed by atoms with Gasteiger partial charge in [-0.25, -0.2) is 0 Å². The fraction of sp³-hybridized carbons (Fsp3) is 0.619. The first-order valence-electron chi connectivity index (χ1n) is 10.1. The van der Waals surface area contributed by atoms with Crippen LogP contribution in [0.3, 0.4) is 0 Å².